The summed E-state index contributed by atoms with van der Waals surface area (Å²) >= 11 is 0. The van der Waals surface area contributed by atoms with Gasteiger partial charge in [-0.3, -0.25) is 14.7 Å². The van der Waals surface area contributed by atoms with Crippen LogP contribution in [0.25, 0.3) is 0 Å². The van der Waals surface area contributed by atoms with Gasteiger partial charge in [0.05, 0.1) is 17.5 Å². The van der Waals surface area contributed by atoms with Crippen LogP contribution in [0.2, 0.25) is 0 Å². The fourth-order valence-electron chi connectivity index (χ4n) is 5.30. The molecule has 8 nitrogen and oxygen atoms in total. The van der Waals surface area contributed by atoms with E-state index in [2.05, 4.69) is 36.9 Å². The number of anilines is 1. The van der Waals surface area contributed by atoms with Crippen LogP contribution < -0.4 is 4.90 Å². The fourth-order valence-corrected chi connectivity index (χ4v) is 5.30. The lowest BCUT2D eigenvalue weighted by Crippen LogP contribution is -2.57. The van der Waals surface area contributed by atoms with Crippen LogP contribution in [0.1, 0.15) is 41.9 Å². The van der Waals surface area contributed by atoms with Crippen molar-refractivity contribution in [1.29, 1.82) is 0 Å². The molecule has 5 heterocycles. The van der Waals surface area contributed by atoms with Crippen LogP contribution >= 0.6 is 0 Å². The molecular formula is C24H32N6O2. The summed E-state index contributed by atoms with van der Waals surface area (Å²) in [6.45, 7) is 8.28. The van der Waals surface area contributed by atoms with Gasteiger partial charge in [0.15, 0.2) is 0 Å². The van der Waals surface area contributed by atoms with Gasteiger partial charge in [-0.2, -0.15) is 0 Å². The Kier molecular flexibility index (Phi) is 6.06. The van der Waals surface area contributed by atoms with E-state index in [0.29, 0.717) is 24.8 Å². The zero-order valence-electron chi connectivity index (χ0n) is 18.8. The monoisotopic (exact) mass is 436 g/mol. The van der Waals surface area contributed by atoms with E-state index in [1.54, 1.807) is 12.4 Å². The van der Waals surface area contributed by atoms with Crippen LogP contribution in [0, 0.1) is 6.92 Å². The van der Waals surface area contributed by atoms with E-state index in [1.807, 2.05) is 24.1 Å². The molecule has 2 aromatic heterocycles. The molecule has 3 aliphatic heterocycles. The lowest BCUT2D eigenvalue weighted by atomic mass is 9.81. The molecule has 170 valence electrons. The summed E-state index contributed by atoms with van der Waals surface area (Å²) in [7, 11) is 0. The molecule has 0 saturated carbocycles. The first-order valence-electron chi connectivity index (χ1n) is 11.7. The van der Waals surface area contributed by atoms with Crippen molar-refractivity contribution in [2.75, 3.05) is 50.8 Å². The van der Waals surface area contributed by atoms with E-state index in [4.69, 9.17) is 4.74 Å². The summed E-state index contributed by atoms with van der Waals surface area (Å²) in [5, 5.41) is 0. The maximum atomic E-state index is 12.8. The number of aryl methyl sites for hydroxylation is 1. The molecule has 1 spiro atoms. The maximum Gasteiger partial charge on any atom is 0.274 e. The Morgan fingerprint density at radius 3 is 2.53 bits per heavy atom. The lowest BCUT2D eigenvalue weighted by molar-refractivity contribution is -0.130. The molecule has 3 fully saturated rings. The highest BCUT2D eigenvalue weighted by molar-refractivity contribution is 5.92. The third-order valence-corrected chi connectivity index (χ3v) is 7.23. The molecule has 3 aliphatic rings. The Morgan fingerprint density at radius 1 is 1.03 bits per heavy atom. The number of piperazine rings is 1. The Balaban J connectivity index is 1.15. The van der Waals surface area contributed by atoms with Gasteiger partial charge >= 0.3 is 0 Å². The largest absolute Gasteiger partial charge is 0.375 e. The summed E-state index contributed by atoms with van der Waals surface area (Å²) in [5.41, 5.74) is 1.15. The van der Waals surface area contributed by atoms with Crippen molar-refractivity contribution in [3.05, 3.63) is 48.2 Å². The van der Waals surface area contributed by atoms with Gasteiger partial charge in [-0.15, -0.1) is 0 Å². The highest BCUT2D eigenvalue weighted by Gasteiger charge is 2.43. The zero-order chi connectivity index (χ0) is 22.0. The highest BCUT2D eigenvalue weighted by atomic mass is 16.5. The summed E-state index contributed by atoms with van der Waals surface area (Å²) in [5.74, 6) is 1.05. The van der Waals surface area contributed by atoms with Crippen molar-refractivity contribution in [2.24, 2.45) is 0 Å². The Labute approximate surface area is 189 Å². The minimum atomic E-state index is -0.100. The van der Waals surface area contributed by atoms with Gasteiger partial charge in [-0.05, 0) is 44.7 Å². The summed E-state index contributed by atoms with van der Waals surface area (Å²) < 4.78 is 6.35. The number of rotatable bonds is 3. The molecule has 2 aromatic rings. The number of hydrogen-bond donors (Lipinski definition) is 0. The van der Waals surface area contributed by atoms with Crippen LogP contribution in [0.3, 0.4) is 0 Å². The minimum Gasteiger partial charge on any atom is -0.375 e. The zero-order valence-corrected chi connectivity index (χ0v) is 18.8. The van der Waals surface area contributed by atoms with Crippen LogP contribution in [0.5, 0.6) is 0 Å². The molecule has 5 rings (SSSR count). The number of aromatic nitrogens is 3. The standard InChI is InChI=1S/C24H32N6O2/c1-19-17-27-21(18-26-19)23(31)30-9-6-24(7-10-30)16-20(5-15-32-24)28-11-13-29(14-12-28)22-4-2-3-8-25-22/h2-4,8,17-18,20H,5-7,9-16H2,1H3. The second-order valence-corrected chi connectivity index (χ2v) is 9.22. The number of pyridine rings is 1. The molecule has 0 bridgehead atoms. The van der Waals surface area contributed by atoms with Crippen LogP contribution in [0.15, 0.2) is 36.8 Å². The van der Waals surface area contributed by atoms with Crippen molar-refractivity contribution >= 4 is 11.7 Å². The van der Waals surface area contributed by atoms with E-state index in [9.17, 15) is 4.79 Å². The Morgan fingerprint density at radius 2 is 1.84 bits per heavy atom. The van der Waals surface area contributed by atoms with Gasteiger partial charge in [-0.25, -0.2) is 9.97 Å². The number of carbonyl (C=O) groups is 1. The van der Waals surface area contributed by atoms with Gasteiger partial charge < -0.3 is 14.5 Å². The van der Waals surface area contributed by atoms with Crippen LogP contribution in [-0.2, 0) is 4.74 Å². The SMILES string of the molecule is Cc1cnc(C(=O)N2CCC3(CC2)CC(N2CCN(c4ccccn4)CC2)CCO3)cn1. The second-order valence-electron chi connectivity index (χ2n) is 9.22. The third kappa shape index (κ3) is 4.47. The predicted octanol–water partition coefficient (Wildman–Crippen LogP) is 2.16. The first-order valence-corrected chi connectivity index (χ1v) is 11.7. The van der Waals surface area contributed by atoms with E-state index >= 15 is 0 Å². The van der Waals surface area contributed by atoms with Crippen molar-refractivity contribution < 1.29 is 9.53 Å². The fraction of sp³-hybridized carbons (Fsp3) is 0.583. The molecule has 0 aromatic carbocycles. The predicted molar refractivity (Wildman–Crippen MR) is 122 cm³/mol. The quantitative estimate of drug-likeness (QED) is 0.730. The molecule has 0 aliphatic carbocycles. The maximum absolute atomic E-state index is 12.8. The molecule has 3 saturated heterocycles. The molecular weight excluding hydrogens is 404 g/mol. The highest BCUT2D eigenvalue weighted by Crippen LogP contribution is 2.37. The van der Waals surface area contributed by atoms with Crippen molar-refractivity contribution in [1.82, 2.24) is 24.8 Å². The number of nitrogens with zero attached hydrogens (tertiary/aromatic N) is 6. The molecule has 32 heavy (non-hydrogen) atoms. The summed E-state index contributed by atoms with van der Waals surface area (Å²) in [4.78, 5) is 32.7. The van der Waals surface area contributed by atoms with Gasteiger partial charge in [0.1, 0.15) is 11.5 Å². The van der Waals surface area contributed by atoms with Gasteiger partial charge in [0.2, 0.25) is 0 Å². The Bertz CT molecular complexity index is 906. The van der Waals surface area contributed by atoms with Gasteiger partial charge in [0.25, 0.3) is 5.91 Å². The van der Waals surface area contributed by atoms with Crippen molar-refractivity contribution in [2.45, 2.75) is 44.2 Å². The van der Waals surface area contributed by atoms with Gasteiger partial charge in [-0.1, -0.05) is 6.07 Å². The van der Waals surface area contributed by atoms with Gasteiger partial charge in [0, 0.05) is 64.3 Å². The van der Waals surface area contributed by atoms with Crippen LogP contribution in [-0.4, -0.2) is 88.2 Å². The first kappa shape index (κ1) is 21.3. The average molecular weight is 437 g/mol. The molecule has 8 heteroatoms. The number of carbonyl (C=O) groups excluding carboxylic acids is 1. The Hall–Kier alpha value is -2.58. The first-order chi connectivity index (χ1) is 15.6. The van der Waals surface area contributed by atoms with E-state index < -0.39 is 0 Å². The van der Waals surface area contributed by atoms with E-state index in [1.165, 1.54) is 0 Å². The number of hydrogen-bond acceptors (Lipinski definition) is 7. The number of likely N-dealkylation sites (tertiary alicyclic amines) is 1. The summed E-state index contributed by atoms with van der Waals surface area (Å²) in [6.07, 6.45) is 9.04. The minimum absolute atomic E-state index is 0.0228. The average Bonchev–Trinajstić information content (AvgIpc) is 2.85. The van der Waals surface area contributed by atoms with Crippen molar-refractivity contribution in [3.8, 4) is 0 Å². The molecule has 0 N–H and O–H groups in total. The van der Waals surface area contributed by atoms with Crippen molar-refractivity contribution in [3.63, 3.8) is 0 Å². The van der Waals surface area contributed by atoms with Crippen LogP contribution in [0.4, 0.5) is 5.82 Å². The number of amides is 1. The lowest BCUT2D eigenvalue weighted by Gasteiger charge is -2.49. The smallest absolute Gasteiger partial charge is 0.274 e. The van der Waals surface area contributed by atoms with E-state index in [0.717, 1.165) is 70.0 Å². The number of piperidine rings is 1. The topological polar surface area (TPSA) is 74.7 Å². The normalized spacial score (nSPS) is 24.0. The van der Waals surface area contributed by atoms with E-state index in [-0.39, 0.29) is 11.5 Å². The summed E-state index contributed by atoms with van der Waals surface area (Å²) in [6, 6.07) is 6.67. The third-order valence-electron chi connectivity index (χ3n) is 7.23. The molecule has 0 radical (unpaired) electrons. The molecule has 1 amide bonds. The molecule has 1 unspecified atom stereocenters. The second kappa shape index (κ2) is 9.11. The number of ether oxygens (including phenoxy) is 1. The molecule has 1 atom stereocenters.